The molecule has 0 saturated carbocycles. The number of hydrogen-bond donors (Lipinski definition) is 0. The lowest BCUT2D eigenvalue weighted by Crippen LogP contribution is -2.38. The van der Waals surface area contributed by atoms with Gasteiger partial charge in [-0.3, -0.25) is 9.69 Å². The Morgan fingerprint density at radius 1 is 1.20 bits per heavy atom. The van der Waals surface area contributed by atoms with Crippen molar-refractivity contribution < 1.29 is 14.3 Å². The minimum Gasteiger partial charge on any atom is -0.494 e. The highest BCUT2D eigenvalue weighted by Gasteiger charge is 2.26. The Balaban J connectivity index is 1.95. The number of fused-ring (bicyclic) bond motifs is 1. The molecular formula is C18H23N3O3S. The number of anilines is 1. The molecule has 1 aromatic carbocycles. The van der Waals surface area contributed by atoms with Crippen LogP contribution in [-0.4, -0.2) is 56.2 Å². The number of rotatable bonds is 5. The molecule has 0 spiro atoms. The summed E-state index contributed by atoms with van der Waals surface area (Å²) >= 11 is 1.52. The van der Waals surface area contributed by atoms with Crippen molar-refractivity contribution in [3.8, 4) is 0 Å². The number of carbonyl (C=O) groups is 1. The molecule has 0 aliphatic carbocycles. The van der Waals surface area contributed by atoms with E-state index in [1.54, 1.807) is 4.90 Å². The topological polar surface area (TPSA) is 54.9 Å². The predicted molar refractivity (Wildman–Crippen MR) is 100.0 cm³/mol. The molecule has 2 aromatic rings. The molecule has 2 heterocycles. The molecule has 134 valence electrons. The highest BCUT2D eigenvalue weighted by molar-refractivity contribution is 7.22. The fourth-order valence-electron chi connectivity index (χ4n) is 2.48. The van der Waals surface area contributed by atoms with E-state index in [9.17, 15) is 4.79 Å². The van der Waals surface area contributed by atoms with Crippen molar-refractivity contribution in [1.29, 1.82) is 0 Å². The standard InChI is InChI=1S/C18H23N3O3S/c1-12-9-14-16(10-13(12)2)25-18(19-14)21(6-5-20(3)4)17(22)15-11-23-7-8-24-15/h9-11H,5-8H2,1-4H3. The zero-order valence-corrected chi connectivity index (χ0v) is 15.9. The largest absolute Gasteiger partial charge is 0.494 e. The Labute approximate surface area is 151 Å². The van der Waals surface area contributed by atoms with E-state index in [2.05, 4.69) is 26.0 Å². The summed E-state index contributed by atoms with van der Waals surface area (Å²) in [6, 6.07) is 4.19. The molecule has 0 atom stereocenters. The summed E-state index contributed by atoms with van der Waals surface area (Å²) in [4.78, 5) is 21.3. The van der Waals surface area contributed by atoms with Gasteiger partial charge in [-0.1, -0.05) is 11.3 Å². The van der Waals surface area contributed by atoms with Crippen LogP contribution in [0.4, 0.5) is 5.13 Å². The van der Waals surface area contributed by atoms with E-state index in [4.69, 9.17) is 14.5 Å². The molecule has 25 heavy (non-hydrogen) atoms. The number of benzene rings is 1. The third-order valence-electron chi connectivity index (χ3n) is 4.10. The summed E-state index contributed by atoms with van der Waals surface area (Å²) < 4.78 is 11.8. The first kappa shape index (κ1) is 17.7. The maximum absolute atomic E-state index is 12.9. The van der Waals surface area contributed by atoms with Crippen LogP contribution in [0.1, 0.15) is 11.1 Å². The van der Waals surface area contributed by atoms with E-state index >= 15 is 0 Å². The Morgan fingerprint density at radius 2 is 1.96 bits per heavy atom. The first-order valence-electron chi connectivity index (χ1n) is 8.24. The summed E-state index contributed by atoms with van der Waals surface area (Å²) in [5.41, 5.74) is 3.34. The van der Waals surface area contributed by atoms with Crippen molar-refractivity contribution in [1.82, 2.24) is 9.88 Å². The van der Waals surface area contributed by atoms with Crippen LogP contribution in [0.3, 0.4) is 0 Å². The molecule has 1 aromatic heterocycles. The van der Waals surface area contributed by atoms with Crippen LogP contribution < -0.4 is 4.90 Å². The van der Waals surface area contributed by atoms with E-state index in [1.165, 1.54) is 28.7 Å². The molecule has 0 N–H and O–H groups in total. The minimum absolute atomic E-state index is 0.214. The van der Waals surface area contributed by atoms with Gasteiger partial charge in [0.25, 0.3) is 5.91 Å². The number of aryl methyl sites for hydroxylation is 2. The lowest BCUT2D eigenvalue weighted by Gasteiger charge is -2.24. The van der Waals surface area contributed by atoms with Gasteiger partial charge in [0.15, 0.2) is 5.13 Å². The first-order valence-corrected chi connectivity index (χ1v) is 9.06. The maximum atomic E-state index is 12.9. The van der Waals surface area contributed by atoms with Gasteiger partial charge in [-0.15, -0.1) is 0 Å². The highest BCUT2D eigenvalue weighted by atomic mass is 32.1. The molecule has 3 rings (SSSR count). The molecule has 1 aliphatic rings. The third kappa shape index (κ3) is 3.93. The van der Waals surface area contributed by atoms with Gasteiger partial charge >= 0.3 is 0 Å². The van der Waals surface area contributed by atoms with Crippen molar-refractivity contribution in [2.24, 2.45) is 0 Å². The Morgan fingerprint density at radius 3 is 2.64 bits per heavy atom. The van der Waals surface area contributed by atoms with Crippen LogP contribution in [0, 0.1) is 13.8 Å². The number of aromatic nitrogens is 1. The normalized spacial score (nSPS) is 14.2. The summed E-state index contributed by atoms with van der Waals surface area (Å²) in [7, 11) is 3.96. The van der Waals surface area contributed by atoms with Crippen molar-refractivity contribution in [3.63, 3.8) is 0 Å². The Bertz CT molecular complexity index is 774. The molecule has 0 fully saturated rings. The third-order valence-corrected chi connectivity index (χ3v) is 5.14. The van der Waals surface area contributed by atoms with Crippen molar-refractivity contribution in [2.75, 3.05) is 45.3 Å². The summed E-state index contributed by atoms with van der Waals surface area (Å²) in [5, 5.41) is 0.682. The van der Waals surface area contributed by atoms with Gasteiger partial charge in [0.05, 0.1) is 10.2 Å². The van der Waals surface area contributed by atoms with Crippen LogP contribution in [0.15, 0.2) is 24.2 Å². The van der Waals surface area contributed by atoms with Gasteiger partial charge in [0.2, 0.25) is 5.76 Å². The van der Waals surface area contributed by atoms with Crippen LogP contribution in [0.25, 0.3) is 10.2 Å². The molecular weight excluding hydrogens is 338 g/mol. The fraction of sp³-hybridized carbons (Fsp3) is 0.444. The Hall–Kier alpha value is -2.12. The van der Waals surface area contributed by atoms with Gasteiger partial charge in [0, 0.05) is 13.1 Å². The number of likely N-dealkylation sites (N-methyl/N-ethyl adjacent to an activating group) is 1. The van der Waals surface area contributed by atoms with E-state index in [1.807, 2.05) is 19.0 Å². The summed E-state index contributed by atoms with van der Waals surface area (Å²) in [6.07, 6.45) is 1.40. The second-order valence-electron chi connectivity index (χ2n) is 6.36. The van der Waals surface area contributed by atoms with E-state index < -0.39 is 0 Å². The monoisotopic (exact) mass is 361 g/mol. The summed E-state index contributed by atoms with van der Waals surface area (Å²) in [5.74, 6) is 0.0191. The molecule has 0 unspecified atom stereocenters. The number of hydrogen-bond acceptors (Lipinski definition) is 6. The van der Waals surface area contributed by atoms with Crippen LogP contribution in [-0.2, 0) is 14.3 Å². The lowest BCUT2D eigenvalue weighted by atomic mass is 10.1. The second kappa shape index (κ2) is 7.41. The summed E-state index contributed by atoms with van der Waals surface area (Å²) in [6.45, 7) is 6.27. The molecule has 6 nitrogen and oxygen atoms in total. The Kier molecular flexibility index (Phi) is 5.24. The van der Waals surface area contributed by atoms with Crippen molar-refractivity contribution in [3.05, 3.63) is 35.3 Å². The predicted octanol–water partition coefficient (Wildman–Crippen LogP) is 2.70. The van der Waals surface area contributed by atoms with E-state index in [0.717, 1.165) is 16.8 Å². The van der Waals surface area contributed by atoms with Gasteiger partial charge in [-0.25, -0.2) is 4.98 Å². The molecule has 1 aliphatic heterocycles. The zero-order chi connectivity index (χ0) is 18.0. The number of nitrogens with zero attached hydrogens (tertiary/aromatic N) is 3. The zero-order valence-electron chi connectivity index (χ0n) is 15.0. The fourth-order valence-corrected chi connectivity index (χ4v) is 3.55. The van der Waals surface area contributed by atoms with Gasteiger partial charge < -0.3 is 14.4 Å². The van der Waals surface area contributed by atoms with Gasteiger partial charge in [-0.05, 0) is 51.2 Å². The minimum atomic E-state index is -0.214. The number of amides is 1. The van der Waals surface area contributed by atoms with Crippen molar-refractivity contribution in [2.45, 2.75) is 13.8 Å². The van der Waals surface area contributed by atoms with Crippen LogP contribution in [0.2, 0.25) is 0 Å². The number of ether oxygens (including phenoxy) is 2. The molecule has 0 saturated heterocycles. The van der Waals surface area contributed by atoms with Crippen LogP contribution >= 0.6 is 11.3 Å². The molecule has 0 radical (unpaired) electrons. The average molecular weight is 361 g/mol. The molecule has 1 amide bonds. The molecule has 7 heteroatoms. The van der Waals surface area contributed by atoms with E-state index in [-0.39, 0.29) is 11.7 Å². The van der Waals surface area contributed by atoms with Gasteiger partial charge in [-0.2, -0.15) is 0 Å². The first-order chi connectivity index (χ1) is 12.0. The SMILES string of the molecule is Cc1cc2nc(N(CCN(C)C)C(=O)C3=COCCO3)sc2cc1C. The molecule has 0 bridgehead atoms. The number of carbonyl (C=O) groups excluding carboxylic acids is 1. The lowest BCUT2D eigenvalue weighted by molar-refractivity contribution is -0.119. The highest BCUT2D eigenvalue weighted by Crippen LogP contribution is 2.31. The number of thiazole rings is 1. The average Bonchev–Trinajstić information content (AvgIpc) is 2.98. The maximum Gasteiger partial charge on any atom is 0.298 e. The van der Waals surface area contributed by atoms with E-state index in [0.29, 0.717) is 24.9 Å². The van der Waals surface area contributed by atoms with Crippen LogP contribution in [0.5, 0.6) is 0 Å². The van der Waals surface area contributed by atoms with Gasteiger partial charge in [0.1, 0.15) is 19.5 Å². The second-order valence-corrected chi connectivity index (χ2v) is 7.37. The smallest absolute Gasteiger partial charge is 0.298 e. The van der Waals surface area contributed by atoms with Crippen molar-refractivity contribution >= 4 is 32.6 Å². The quantitative estimate of drug-likeness (QED) is 0.820.